The van der Waals surface area contributed by atoms with E-state index >= 15 is 0 Å². The van der Waals surface area contributed by atoms with Gasteiger partial charge in [-0.2, -0.15) is 0 Å². The first kappa shape index (κ1) is 7.66. The van der Waals surface area contributed by atoms with Crippen molar-refractivity contribution in [1.82, 2.24) is 0 Å². The van der Waals surface area contributed by atoms with Crippen LogP contribution < -0.4 is 0 Å². The Bertz CT molecular complexity index is 908. The second-order valence-electron chi connectivity index (χ2n) is 14.5. The molecule has 0 saturated carbocycles. The van der Waals surface area contributed by atoms with Gasteiger partial charge in [-0.3, -0.25) is 0 Å². The zero-order valence-corrected chi connectivity index (χ0v) is 16.4. The summed E-state index contributed by atoms with van der Waals surface area (Å²) < 4.78 is 15.1. The van der Waals surface area contributed by atoms with Crippen LogP contribution in [0, 0.1) is 0 Å². The van der Waals surface area contributed by atoms with Crippen LogP contribution in [0.25, 0.3) is 0 Å². The van der Waals surface area contributed by atoms with Crippen LogP contribution >= 0.6 is 15.8 Å². The van der Waals surface area contributed by atoms with Gasteiger partial charge in [-0.15, -0.1) is 0 Å². The zero-order chi connectivity index (χ0) is 11.1. The molecule has 3 heteroatoms. The fourth-order valence-corrected chi connectivity index (χ4v) is 512. The molecule has 0 amide bonds. The fourth-order valence-electron chi connectivity index (χ4n) is 27.2. The van der Waals surface area contributed by atoms with Crippen LogP contribution in [0.5, 0.6) is 0 Å². The van der Waals surface area contributed by atoms with E-state index in [1.165, 1.54) is 5.83 Å². The van der Waals surface area contributed by atoms with Gasteiger partial charge in [0.15, 0.2) is 0 Å². The standard InChI is InChI=1S/C9H15P2.C5H5.Hf/c1-10(2)8-6-5-7-9(8)11(3)4;1-2-4-5-3-1;/h5-7H,1-4H3;1-5H;. The molecule has 0 bridgehead atoms. The number of hydrogen-bond donors (Lipinski definition) is 0. The SMILES string of the molecule is CP(C)[C]12[CH]3[CH]4[CH]5[C]1(P(C)C)[Hf]43521678[CH]2[CH]1[CH]6[CH]7[CH]28. The van der Waals surface area contributed by atoms with Gasteiger partial charge in [0.2, 0.25) is 0 Å². The Morgan fingerprint density at radius 2 is 1.00 bits per heavy atom. The first-order valence-corrected chi connectivity index (χ1v) is 32.9. The van der Waals surface area contributed by atoms with Gasteiger partial charge >= 0.3 is 88.9 Å². The molecular formula is C14H20HfP2. The number of hydrogen-bond acceptors (Lipinski definition) is 0. The van der Waals surface area contributed by atoms with Gasteiger partial charge in [-0.1, -0.05) is 0 Å². The molecule has 90 valence electrons. The third-order valence-electron chi connectivity index (χ3n) is 21.7. The van der Waals surface area contributed by atoms with Gasteiger partial charge in [0.25, 0.3) is 0 Å². The molecule has 0 aliphatic carbocycles. The molecule has 10 aliphatic rings. The minimum absolute atomic E-state index is 0.435. The molecule has 0 aromatic heterocycles. The van der Waals surface area contributed by atoms with Gasteiger partial charge < -0.3 is 0 Å². The molecule has 10 saturated heterocycles. The summed E-state index contributed by atoms with van der Waals surface area (Å²) >= 11 is -3.46. The topological polar surface area (TPSA) is 0 Å². The monoisotopic (exact) mass is 430 g/mol. The Hall–Kier alpha value is 1.73. The maximum absolute atomic E-state index is 3.46. The van der Waals surface area contributed by atoms with Gasteiger partial charge in [0.1, 0.15) is 0 Å². The van der Waals surface area contributed by atoms with E-state index in [0.717, 1.165) is 0 Å². The Kier molecular flexibility index (Phi) is 0.284. The summed E-state index contributed by atoms with van der Waals surface area (Å²) in [5.41, 5.74) is 0. The first-order chi connectivity index (χ1) is 7.82. The van der Waals surface area contributed by atoms with Crippen molar-refractivity contribution < 1.29 is 11.2 Å². The predicted octanol–water partition coefficient (Wildman–Crippen LogP) is 4.67. The summed E-state index contributed by atoms with van der Waals surface area (Å²) in [5.74, 6) is 0. The van der Waals surface area contributed by atoms with Crippen molar-refractivity contribution in [2.24, 2.45) is 0 Å². The van der Waals surface area contributed by atoms with Crippen LogP contribution in [0.3, 0.4) is 0 Å². The summed E-state index contributed by atoms with van der Waals surface area (Å²) in [4.78, 5) is 0. The molecule has 10 aliphatic heterocycles. The summed E-state index contributed by atoms with van der Waals surface area (Å²) in [6.07, 6.45) is 0. The molecule has 10 heterocycles. The maximum atomic E-state index is 2.74. The Morgan fingerprint density at radius 3 is 1.12 bits per heavy atom. The van der Waals surface area contributed by atoms with Crippen LogP contribution in [0.2, 0.25) is 29.4 Å². The van der Waals surface area contributed by atoms with Crippen molar-refractivity contribution in [2.75, 3.05) is 26.7 Å². The van der Waals surface area contributed by atoms with Crippen LogP contribution in [-0.4, -0.2) is 32.5 Å². The molecule has 17 heavy (non-hydrogen) atoms. The Labute approximate surface area is 88.2 Å². The minimum atomic E-state index is -3.46. The quantitative estimate of drug-likeness (QED) is 0.443. The van der Waals surface area contributed by atoms with Gasteiger partial charge in [0, 0.05) is 0 Å². The summed E-state index contributed by atoms with van der Waals surface area (Å²) in [5, 5.41) is 0. The molecule has 10 rings (SSSR count). The molecule has 0 aromatic carbocycles. The predicted molar refractivity (Wildman–Crippen MR) is 73.0 cm³/mol. The fraction of sp³-hybridized carbons (Fsp3) is 1.00. The number of fused-ring (bicyclic) bond motifs is 10. The average Bonchev–Trinajstić information content (AvgIpc) is 3.22. The average molecular weight is 429 g/mol. The van der Waals surface area contributed by atoms with Crippen molar-refractivity contribution >= 4 is 15.8 Å². The van der Waals surface area contributed by atoms with Gasteiger partial charge in [-0.05, 0) is 0 Å². The van der Waals surface area contributed by atoms with E-state index in [1.807, 2.05) is 0 Å². The second-order valence-corrected chi connectivity index (χ2v) is 98.1. The molecular weight excluding hydrogens is 409 g/mol. The molecule has 0 aromatic rings. The van der Waals surface area contributed by atoms with Gasteiger partial charge in [-0.25, -0.2) is 0 Å². The Balaban J connectivity index is 1.75. The third-order valence-corrected chi connectivity index (χ3v) is 194. The van der Waals surface area contributed by atoms with E-state index in [0.29, 0.717) is 15.8 Å². The van der Waals surface area contributed by atoms with Gasteiger partial charge in [0.05, 0.1) is 0 Å². The normalized spacial score (nSPS) is 124. The van der Waals surface area contributed by atoms with Crippen molar-refractivity contribution in [3.05, 3.63) is 0 Å². The first-order valence-electron chi connectivity index (χ1n) is 8.21. The van der Waals surface area contributed by atoms with Crippen LogP contribution in [0.4, 0.5) is 0 Å². The number of rotatable bonds is 2. The van der Waals surface area contributed by atoms with E-state index in [9.17, 15) is 0 Å². The van der Waals surface area contributed by atoms with Crippen LogP contribution in [-0.2, 0) is 11.2 Å². The molecule has 4 atom stereocenters. The zero-order valence-electron chi connectivity index (χ0n) is 11.0. The second kappa shape index (κ2) is 0.630. The van der Waals surface area contributed by atoms with E-state index in [1.54, 1.807) is 29.4 Å². The summed E-state index contributed by atoms with van der Waals surface area (Å²) in [6, 6.07) is 0. The summed E-state index contributed by atoms with van der Waals surface area (Å²) in [7, 11) is 0.869. The van der Waals surface area contributed by atoms with E-state index < -0.39 is 11.2 Å². The summed E-state index contributed by atoms with van der Waals surface area (Å²) in [6.45, 7) is 11.0. The molecule has 0 radical (unpaired) electrons. The van der Waals surface area contributed by atoms with E-state index in [4.69, 9.17) is 0 Å². The van der Waals surface area contributed by atoms with Crippen LogP contribution in [0.1, 0.15) is 0 Å². The van der Waals surface area contributed by atoms with Crippen molar-refractivity contribution in [3.8, 4) is 0 Å². The van der Waals surface area contributed by atoms with Crippen molar-refractivity contribution in [2.45, 2.75) is 35.2 Å². The molecule has 10 fully saturated rings. The molecule has 4 unspecified atom stereocenters. The van der Waals surface area contributed by atoms with Crippen LogP contribution in [0.15, 0.2) is 0 Å². The molecule has 0 nitrogen and oxygen atoms in total. The van der Waals surface area contributed by atoms with E-state index in [2.05, 4.69) is 26.7 Å². The van der Waals surface area contributed by atoms with Crippen molar-refractivity contribution in [3.63, 3.8) is 0 Å². The molecule has 1 spiro atoms. The Morgan fingerprint density at radius 1 is 0.647 bits per heavy atom. The van der Waals surface area contributed by atoms with E-state index in [-0.39, 0.29) is 0 Å². The van der Waals surface area contributed by atoms with Crippen molar-refractivity contribution in [1.29, 1.82) is 0 Å². The third kappa shape index (κ3) is 0.0757. The molecule has 0 N–H and O–H groups in total.